The highest BCUT2D eigenvalue weighted by atomic mass is 32.1. The van der Waals surface area contributed by atoms with Crippen molar-refractivity contribution in [2.24, 2.45) is 0 Å². The number of nitrogens with one attached hydrogen (secondary N) is 1. The van der Waals surface area contributed by atoms with Gasteiger partial charge in [0, 0.05) is 13.0 Å². The first-order valence-corrected chi connectivity index (χ1v) is 10.4. The average molecular weight is 432 g/mol. The van der Waals surface area contributed by atoms with Gasteiger partial charge in [0.2, 0.25) is 0 Å². The van der Waals surface area contributed by atoms with E-state index in [2.05, 4.69) is 11.2 Å². The maximum absolute atomic E-state index is 5.89. The maximum atomic E-state index is 5.89. The number of thiocarbonyl (C=S) groups is 1. The Morgan fingerprint density at radius 3 is 2.52 bits per heavy atom. The van der Waals surface area contributed by atoms with Gasteiger partial charge >= 0.3 is 0 Å². The van der Waals surface area contributed by atoms with Crippen LogP contribution in [0.3, 0.4) is 0 Å². The molecule has 0 atom stereocenters. The van der Waals surface area contributed by atoms with Crippen molar-refractivity contribution in [3.8, 4) is 35.3 Å². The van der Waals surface area contributed by atoms with E-state index < -0.39 is 0 Å². The summed E-state index contributed by atoms with van der Waals surface area (Å²) in [5.41, 5.74) is 2.22. The Balaban J connectivity index is 1.49. The number of rotatable bonds is 10. The molecule has 5 heteroatoms. The summed E-state index contributed by atoms with van der Waals surface area (Å²) in [4.78, 5) is 0.806. The first-order valence-electron chi connectivity index (χ1n) is 9.99. The third kappa shape index (κ3) is 7.06. The molecule has 0 aliphatic heterocycles. The Morgan fingerprint density at radius 1 is 0.935 bits per heavy atom. The van der Waals surface area contributed by atoms with Gasteiger partial charge in [-0.1, -0.05) is 54.5 Å². The van der Waals surface area contributed by atoms with Crippen molar-refractivity contribution in [3.05, 3.63) is 83.9 Å². The first-order chi connectivity index (χ1) is 15.2. The van der Waals surface area contributed by atoms with Gasteiger partial charge in [-0.25, -0.2) is 0 Å². The Labute approximate surface area is 189 Å². The van der Waals surface area contributed by atoms with Gasteiger partial charge in [0.1, 0.15) is 18.1 Å². The lowest BCUT2D eigenvalue weighted by atomic mass is 10.1. The fourth-order valence-electron chi connectivity index (χ4n) is 3.00. The molecule has 0 aliphatic carbocycles. The lowest BCUT2D eigenvalue weighted by molar-refractivity contribution is 0.330. The van der Waals surface area contributed by atoms with Crippen LogP contribution in [0, 0.1) is 12.3 Å². The molecular weight excluding hydrogens is 406 g/mol. The van der Waals surface area contributed by atoms with Crippen LogP contribution in [0.15, 0.2) is 72.8 Å². The molecule has 1 N–H and O–H groups in total. The smallest absolute Gasteiger partial charge is 0.162 e. The molecule has 4 nitrogen and oxygen atoms in total. The maximum Gasteiger partial charge on any atom is 0.162 e. The van der Waals surface area contributed by atoms with Gasteiger partial charge in [-0.3, -0.25) is 0 Å². The van der Waals surface area contributed by atoms with Gasteiger partial charge in [0.05, 0.1) is 12.1 Å². The molecule has 31 heavy (non-hydrogen) atoms. The fraction of sp³-hybridized carbons (Fsp3) is 0.192. The minimum absolute atomic E-state index is 0.210. The lowest BCUT2D eigenvalue weighted by Gasteiger charge is -2.12. The third-order valence-electron chi connectivity index (χ3n) is 4.55. The molecule has 0 saturated carbocycles. The number of aryl methyl sites for hydroxylation is 1. The second-order valence-corrected chi connectivity index (χ2v) is 7.31. The van der Waals surface area contributed by atoms with E-state index in [1.165, 1.54) is 0 Å². The quantitative estimate of drug-likeness (QED) is 0.337. The monoisotopic (exact) mass is 431 g/mol. The molecule has 0 unspecified atom stereocenters. The Hall–Kier alpha value is -3.49. The van der Waals surface area contributed by atoms with Gasteiger partial charge in [-0.2, -0.15) is 0 Å². The zero-order valence-corrected chi connectivity index (χ0v) is 18.3. The van der Waals surface area contributed by atoms with Crippen LogP contribution in [0.4, 0.5) is 0 Å². The van der Waals surface area contributed by atoms with Crippen molar-refractivity contribution in [1.29, 1.82) is 0 Å². The van der Waals surface area contributed by atoms with E-state index in [1.54, 1.807) is 7.11 Å². The second-order valence-electron chi connectivity index (χ2n) is 6.82. The highest BCUT2D eigenvalue weighted by molar-refractivity contribution is 7.80. The first kappa shape index (κ1) is 22.2. The Kier molecular flexibility index (Phi) is 8.33. The standard InChI is InChI=1S/C26H25NO3S/c1-3-16-29-24-14-12-20(18-25(24)28-2)13-15-26(31)27-19-21-8-7-11-23(17-21)30-22-9-5-4-6-10-22/h1,4-12,14,17-18H,13,15-16,19H2,2H3,(H,27,31). The SMILES string of the molecule is C#CCOc1ccc(CCC(=S)NCc2cccc(Oc3ccccc3)c2)cc1OC. The predicted octanol–water partition coefficient (Wildman–Crippen LogP) is 5.55. The number of benzene rings is 3. The molecule has 3 aromatic carbocycles. The molecule has 0 bridgehead atoms. The van der Waals surface area contributed by atoms with Crippen molar-refractivity contribution >= 4 is 17.2 Å². The summed E-state index contributed by atoms with van der Waals surface area (Å²) in [7, 11) is 1.61. The van der Waals surface area contributed by atoms with E-state index in [4.69, 9.17) is 32.9 Å². The molecule has 0 radical (unpaired) electrons. The van der Waals surface area contributed by atoms with Crippen molar-refractivity contribution in [1.82, 2.24) is 5.32 Å². The topological polar surface area (TPSA) is 39.7 Å². The molecule has 0 aliphatic rings. The number of ether oxygens (including phenoxy) is 3. The van der Waals surface area contributed by atoms with Crippen LogP contribution in [0.25, 0.3) is 0 Å². The van der Waals surface area contributed by atoms with Gasteiger partial charge in [0.25, 0.3) is 0 Å². The minimum atomic E-state index is 0.210. The van der Waals surface area contributed by atoms with E-state index in [0.717, 1.165) is 40.5 Å². The lowest BCUT2D eigenvalue weighted by Crippen LogP contribution is -2.21. The van der Waals surface area contributed by atoms with Crippen molar-refractivity contribution in [2.45, 2.75) is 19.4 Å². The summed E-state index contributed by atoms with van der Waals surface area (Å²) in [6.07, 6.45) is 6.79. The molecule has 0 aromatic heterocycles. The summed E-state index contributed by atoms with van der Waals surface area (Å²) in [5, 5.41) is 3.33. The summed E-state index contributed by atoms with van der Waals surface area (Å²) in [6, 6.07) is 23.6. The summed E-state index contributed by atoms with van der Waals surface area (Å²) < 4.78 is 16.8. The van der Waals surface area contributed by atoms with Gasteiger partial charge in [-0.15, -0.1) is 6.42 Å². The number of hydrogen-bond donors (Lipinski definition) is 1. The Bertz CT molecular complexity index is 1040. The van der Waals surface area contributed by atoms with E-state index in [9.17, 15) is 0 Å². The minimum Gasteiger partial charge on any atom is -0.493 e. The molecule has 3 aromatic rings. The van der Waals surface area contributed by atoms with Crippen LogP contribution in [0.2, 0.25) is 0 Å². The fourth-order valence-corrected chi connectivity index (χ4v) is 3.17. The van der Waals surface area contributed by atoms with E-state index >= 15 is 0 Å². The van der Waals surface area contributed by atoms with Crippen LogP contribution in [-0.4, -0.2) is 18.7 Å². The summed E-state index contributed by atoms with van der Waals surface area (Å²) >= 11 is 5.51. The number of methoxy groups -OCH3 is 1. The number of terminal acetylenes is 1. The highest BCUT2D eigenvalue weighted by Gasteiger charge is 2.07. The van der Waals surface area contributed by atoms with Gasteiger partial charge in [0.15, 0.2) is 11.5 Å². The Morgan fingerprint density at radius 2 is 1.74 bits per heavy atom. The average Bonchev–Trinajstić information content (AvgIpc) is 2.81. The normalized spacial score (nSPS) is 10.1. The summed E-state index contributed by atoms with van der Waals surface area (Å²) in [5.74, 6) is 5.38. The molecule has 0 heterocycles. The van der Waals surface area contributed by atoms with Crippen LogP contribution in [0.5, 0.6) is 23.0 Å². The predicted molar refractivity (Wildman–Crippen MR) is 128 cm³/mol. The largest absolute Gasteiger partial charge is 0.493 e. The third-order valence-corrected chi connectivity index (χ3v) is 4.90. The van der Waals surface area contributed by atoms with Gasteiger partial charge in [-0.05, 0) is 53.9 Å². The molecule has 0 spiro atoms. The molecular formula is C26H25NO3S. The summed E-state index contributed by atoms with van der Waals surface area (Å²) in [6.45, 7) is 0.855. The van der Waals surface area contributed by atoms with Crippen molar-refractivity contribution in [3.63, 3.8) is 0 Å². The van der Waals surface area contributed by atoms with Crippen LogP contribution >= 0.6 is 12.2 Å². The molecule has 3 rings (SSSR count). The molecule has 0 amide bonds. The zero-order chi connectivity index (χ0) is 21.9. The van der Waals surface area contributed by atoms with Crippen LogP contribution < -0.4 is 19.5 Å². The van der Waals surface area contributed by atoms with Crippen LogP contribution in [-0.2, 0) is 13.0 Å². The number of para-hydroxylation sites is 1. The van der Waals surface area contributed by atoms with Gasteiger partial charge < -0.3 is 19.5 Å². The van der Waals surface area contributed by atoms with E-state index in [0.29, 0.717) is 18.0 Å². The molecule has 0 fully saturated rings. The molecule has 158 valence electrons. The molecule has 0 saturated heterocycles. The van der Waals surface area contributed by atoms with Crippen molar-refractivity contribution in [2.75, 3.05) is 13.7 Å². The van der Waals surface area contributed by atoms with E-state index in [1.807, 2.05) is 72.8 Å². The number of hydrogen-bond acceptors (Lipinski definition) is 4. The van der Waals surface area contributed by atoms with E-state index in [-0.39, 0.29) is 6.61 Å². The highest BCUT2D eigenvalue weighted by Crippen LogP contribution is 2.28. The van der Waals surface area contributed by atoms with Crippen LogP contribution in [0.1, 0.15) is 17.5 Å². The van der Waals surface area contributed by atoms with Crippen molar-refractivity contribution < 1.29 is 14.2 Å². The second kappa shape index (κ2) is 11.6. The zero-order valence-electron chi connectivity index (χ0n) is 17.5.